The molecular formula is C32H32Br2Cl2N6O3Si. The second-order valence-electron chi connectivity index (χ2n) is 11.5. The van der Waals surface area contributed by atoms with Crippen LogP contribution < -0.4 is 9.47 Å². The molecule has 14 heteroatoms. The number of benzene rings is 2. The van der Waals surface area contributed by atoms with Gasteiger partial charge in [0.15, 0.2) is 11.3 Å². The molecule has 0 radical (unpaired) electrons. The average Bonchev–Trinajstić information content (AvgIpc) is 3.60. The number of nitrogens with zero attached hydrogens (tertiary/aromatic N) is 5. The van der Waals surface area contributed by atoms with Crippen LogP contribution in [0.4, 0.5) is 0 Å². The molecule has 6 aromatic rings. The van der Waals surface area contributed by atoms with Gasteiger partial charge in [-0.05, 0) is 66.7 Å². The summed E-state index contributed by atoms with van der Waals surface area (Å²) in [6.07, 6.45) is 0. The second-order valence-corrected chi connectivity index (χ2v) is 19.7. The highest BCUT2D eigenvalue weighted by Crippen LogP contribution is 2.37. The van der Waals surface area contributed by atoms with Crippen LogP contribution in [0.15, 0.2) is 69.6 Å². The molecule has 46 heavy (non-hydrogen) atoms. The van der Waals surface area contributed by atoms with Gasteiger partial charge >= 0.3 is 0 Å². The van der Waals surface area contributed by atoms with Crippen molar-refractivity contribution in [3.63, 3.8) is 0 Å². The molecule has 240 valence electrons. The zero-order chi connectivity index (χ0) is 33.0. The van der Waals surface area contributed by atoms with Gasteiger partial charge in [-0.3, -0.25) is 5.10 Å². The van der Waals surface area contributed by atoms with E-state index in [0.29, 0.717) is 34.9 Å². The number of methoxy groups -OCH3 is 2. The van der Waals surface area contributed by atoms with Crippen molar-refractivity contribution in [2.45, 2.75) is 32.4 Å². The van der Waals surface area contributed by atoms with Gasteiger partial charge in [0.25, 0.3) is 0 Å². The van der Waals surface area contributed by atoms with E-state index in [1.54, 1.807) is 31.0 Å². The van der Waals surface area contributed by atoms with Crippen LogP contribution in [0.1, 0.15) is 0 Å². The molecule has 9 nitrogen and oxygen atoms in total. The number of hydrogen-bond donors (Lipinski definition) is 1. The molecule has 0 unspecified atom stereocenters. The van der Waals surface area contributed by atoms with Crippen LogP contribution in [0.3, 0.4) is 0 Å². The molecule has 0 amide bonds. The van der Waals surface area contributed by atoms with Gasteiger partial charge in [0.05, 0.1) is 19.9 Å². The molecule has 0 bridgehead atoms. The number of nitrogens with one attached hydrogen (secondary N) is 1. The van der Waals surface area contributed by atoms with Crippen LogP contribution in [0.25, 0.3) is 44.6 Å². The third-order valence-corrected chi connectivity index (χ3v) is 10.1. The van der Waals surface area contributed by atoms with E-state index >= 15 is 0 Å². The number of aromatic nitrogens is 6. The smallest absolute Gasteiger partial charge is 0.182 e. The van der Waals surface area contributed by atoms with Crippen molar-refractivity contribution in [1.29, 1.82) is 0 Å². The molecule has 0 atom stereocenters. The van der Waals surface area contributed by atoms with E-state index in [1.807, 2.05) is 48.5 Å². The van der Waals surface area contributed by atoms with Crippen LogP contribution in [-0.4, -0.2) is 58.8 Å². The van der Waals surface area contributed by atoms with E-state index in [4.69, 9.17) is 42.5 Å². The molecule has 0 aliphatic heterocycles. The summed E-state index contributed by atoms with van der Waals surface area (Å²) in [5.74, 6) is 1.52. The van der Waals surface area contributed by atoms with Gasteiger partial charge in [-0.15, -0.1) is 0 Å². The van der Waals surface area contributed by atoms with Gasteiger partial charge in [0.2, 0.25) is 0 Å². The lowest BCUT2D eigenvalue weighted by Crippen LogP contribution is -2.22. The fourth-order valence-electron chi connectivity index (χ4n) is 4.67. The molecule has 4 heterocycles. The third-order valence-electron chi connectivity index (χ3n) is 7.00. The topological polar surface area (TPSA) is 100.0 Å². The highest BCUT2D eigenvalue weighted by Gasteiger charge is 2.19. The van der Waals surface area contributed by atoms with E-state index in [-0.39, 0.29) is 0 Å². The Morgan fingerprint density at radius 1 is 0.804 bits per heavy atom. The minimum atomic E-state index is -1.14. The quantitative estimate of drug-likeness (QED) is 0.0883. The summed E-state index contributed by atoms with van der Waals surface area (Å²) >= 11 is 19.0. The lowest BCUT2D eigenvalue weighted by atomic mass is 10.1. The minimum Gasteiger partial charge on any atom is -0.496 e. The summed E-state index contributed by atoms with van der Waals surface area (Å²) in [4.78, 5) is 8.64. The average molecular weight is 807 g/mol. The molecule has 2 aromatic carbocycles. The number of ether oxygens (including phenoxy) is 3. The summed E-state index contributed by atoms with van der Waals surface area (Å²) in [6.45, 7) is 8.05. The van der Waals surface area contributed by atoms with Gasteiger partial charge in [-0.2, -0.15) is 10.2 Å². The Balaban J connectivity index is 0.000000192. The van der Waals surface area contributed by atoms with Crippen LogP contribution >= 0.6 is 55.1 Å². The van der Waals surface area contributed by atoms with Crippen LogP contribution in [-0.2, 0) is 11.5 Å². The molecule has 0 fully saturated rings. The second kappa shape index (κ2) is 14.8. The Bertz CT molecular complexity index is 2000. The normalized spacial score (nSPS) is 11.5. The fourth-order valence-corrected chi connectivity index (χ4v) is 6.43. The van der Waals surface area contributed by atoms with E-state index < -0.39 is 8.07 Å². The lowest BCUT2D eigenvalue weighted by molar-refractivity contribution is 0.0814. The summed E-state index contributed by atoms with van der Waals surface area (Å²) < 4.78 is 20.5. The van der Waals surface area contributed by atoms with Crippen molar-refractivity contribution in [1.82, 2.24) is 29.9 Å². The largest absolute Gasteiger partial charge is 0.496 e. The Morgan fingerprint density at radius 2 is 1.41 bits per heavy atom. The number of fused-ring (bicyclic) bond motifs is 2. The molecule has 0 aliphatic rings. The maximum absolute atomic E-state index is 6.13. The highest BCUT2D eigenvalue weighted by atomic mass is 79.9. The van der Waals surface area contributed by atoms with E-state index in [2.05, 4.69) is 71.7 Å². The number of H-pyrrole nitrogens is 1. The SMILES string of the molecule is COc1ccc(Br)cc1-c1[nH]nc2nc(Cl)ccc12.COc1ccc(Br)cc1-c1nn(COCC[Si](C)(C)C)c2nc(Cl)ccc12. The minimum absolute atomic E-state index is 0.338. The predicted octanol–water partition coefficient (Wildman–Crippen LogP) is 9.88. The first-order chi connectivity index (χ1) is 22.0. The number of hydrogen-bond acceptors (Lipinski definition) is 7. The van der Waals surface area contributed by atoms with Crippen molar-refractivity contribution >= 4 is 85.2 Å². The fraction of sp³-hybridized carbons (Fsp3) is 0.250. The van der Waals surface area contributed by atoms with Crippen molar-refractivity contribution in [3.05, 3.63) is 79.9 Å². The molecule has 0 saturated heterocycles. The maximum Gasteiger partial charge on any atom is 0.182 e. The van der Waals surface area contributed by atoms with Crippen LogP contribution in [0.2, 0.25) is 36.0 Å². The number of pyridine rings is 2. The summed E-state index contributed by atoms with van der Waals surface area (Å²) in [5.41, 5.74) is 4.75. The lowest BCUT2D eigenvalue weighted by Gasteiger charge is -2.15. The van der Waals surface area contributed by atoms with Gasteiger partial charge in [0.1, 0.15) is 34.2 Å². The first-order valence-corrected chi connectivity index (χ1v) is 20.3. The number of rotatable bonds is 9. The molecule has 1 N–H and O–H groups in total. The van der Waals surface area contributed by atoms with Crippen molar-refractivity contribution in [3.8, 4) is 34.0 Å². The number of aromatic amines is 1. The van der Waals surface area contributed by atoms with Gasteiger partial charge in [-0.1, -0.05) is 74.7 Å². The van der Waals surface area contributed by atoms with Crippen molar-refractivity contribution < 1.29 is 14.2 Å². The van der Waals surface area contributed by atoms with Crippen molar-refractivity contribution in [2.24, 2.45) is 0 Å². The van der Waals surface area contributed by atoms with Crippen molar-refractivity contribution in [2.75, 3.05) is 20.8 Å². The molecule has 0 saturated carbocycles. The van der Waals surface area contributed by atoms with Crippen LogP contribution in [0, 0.1) is 0 Å². The highest BCUT2D eigenvalue weighted by molar-refractivity contribution is 9.10. The predicted molar refractivity (Wildman–Crippen MR) is 195 cm³/mol. The standard InChI is InChI=1S/C19H23BrClN3O2Si.C13H9BrClN3O/c1-25-16-7-5-13(20)11-15(16)18-14-6-8-17(21)22-19(14)24(23-18)12-26-9-10-27(2,3)4;1-19-10-4-2-7(14)6-9(10)12-8-3-5-11(15)16-13(8)18-17-12/h5-8,11H,9-10,12H2,1-4H3;2-6H,1H3,(H,16,17,18). The molecular weight excluding hydrogens is 775 g/mol. The van der Waals surface area contributed by atoms with Crippen LogP contribution in [0.5, 0.6) is 11.5 Å². The molecule has 0 aliphatic carbocycles. The Labute approximate surface area is 294 Å². The van der Waals surface area contributed by atoms with Gasteiger partial charge < -0.3 is 14.2 Å². The Kier molecular flexibility index (Phi) is 11.1. The summed E-state index contributed by atoms with van der Waals surface area (Å²) in [6, 6.07) is 20.1. The zero-order valence-corrected chi connectivity index (χ0v) is 31.6. The maximum atomic E-state index is 6.13. The number of halogens is 4. The Morgan fingerprint density at radius 3 is 2.07 bits per heavy atom. The molecule has 4 aromatic heterocycles. The first-order valence-electron chi connectivity index (χ1n) is 14.3. The van der Waals surface area contributed by atoms with Gasteiger partial charge in [0, 0.05) is 45.5 Å². The summed E-state index contributed by atoms with van der Waals surface area (Å²) in [7, 11) is 2.16. The van der Waals surface area contributed by atoms with E-state index in [9.17, 15) is 0 Å². The zero-order valence-electron chi connectivity index (χ0n) is 25.9. The molecule has 6 rings (SSSR count). The van der Waals surface area contributed by atoms with E-state index in [0.717, 1.165) is 59.8 Å². The molecule has 0 spiro atoms. The first kappa shape index (κ1) is 34.3. The monoisotopic (exact) mass is 804 g/mol. The Hall–Kier alpha value is -3.00. The van der Waals surface area contributed by atoms with Gasteiger partial charge in [-0.25, -0.2) is 14.6 Å². The third kappa shape index (κ3) is 8.10. The summed E-state index contributed by atoms with van der Waals surface area (Å²) in [5, 5.41) is 14.6. The van der Waals surface area contributed by atoms with E-state index in [1.165, 1.54) is 0 Å².